The smallest absolute Gasteiger partial charge is 0.111 e. The van der Waals surface area contributed by atoms with Crippen molar-refractivity contribution in [2.75, 3.05) is 14.2 Å². The molecule has 0 aromatic carbocycles. The highest BCUT2D eigenvalue weighted by molar-refractivity contribution is 5.96. The molecule has 3 fully saturated rings. The van der Waals surface area contributed by atoms with Gasteiger partial charge in [0.05, 0.1) is 11.4 Å². The van der Waals surface area contributed by atoms with Gasteiger partial charge in [-0.2, -0.15) is 0 Å². The molecule has 0 aromatic heterocycles. The van der Waals surface area contributed by atoms with Crippen LogP contribution in [0.5, 0.6) is 0 Å². The first-order valence-electron chi connectivity index (χ1n) is 10.9. The average molecular weight is 389 g/mol. The fourth-order valence-corrected chi connectivity index (χ4v) is 7.58. The van der Waals surface area contributed by atoms with Crippen LogP contribution in [0.2, 0.25) is 0 Å². The Kier molecular flexibility index (Phi) is 4.88. The second-order valence-electron chi connectivity index (χ2n) is 9.98. The minimum Gasteiger partial charge on any atom is -0.399 e. The van der Waals surface area contributed by atoms with Gasteiger partial charge in [0.25, 0.3) is 0 Å². The van der Waals surface area contributed by atoms with E-state index in [0.29, 0.717) is 17.8 Å². The van der Waals surface area contributed by atoms with Gasteiger partial charge in [-0.25, -0.2) is 0 Å². The van der Waals surface area contributed by atoms with Crippen LogP contribution in [0.3, 0.4) is 0 Å². The second-order valence-corrected chi connectivity index (χ2v) is 9.98. The molecular weight excluding hydrogens is 352 g/mol. The lowest BCUT2D eigenvalue weighted by atomic mass is 9.46. The molecule has 5 nitrogen and oxygen atoms in total. The van der Waals surface area contributed by atoms with Crippen molar-refractivity contribution < 1.29 is 14.8 Å². The van der Waals surface area contributed by atoms with Crippen molar-refractivity contribution >= 4 is 11.4 Å². The summed E-state index contributed by atoms with van der Waals surface area (Å²) < 4.78 is 0. The Labute approximate surface area is 169 Å². The van der Waals surface area contributed by atoms with Crippen molar-refractivity contribution in [1.29, 1.82) is 0 Å². The van der Waals surface area contributed by atoms with Gasteiger partial charge in [0.1, 0.15) is 19.8 Å². The first-order chi connectivity index (χ1) is 13.3. The SMILES string of the molecule is CON=C1C=C2CCC3C(CCC4(C)C3CCC4(O)C(C)=NOC)C2(C)CC1. The highest BCUT2D eigenvalue weighted by atomic mass is 16.6. The molecule has 0 aliphatic heterocycles. The first kappa shape index (κ1) is 19.9. The van der Waals surface area contributed by atoms with E-state index < -0.39 is 5.60 Å². The van der Waals surface area contributed by atoms with E-state index >= 15 is 0 Å². The number of allylic oxidation sites excluding steroid dienone is 2. The van der Waals surface area contributed by atoms with Gasteiger partial charge >= 0.3 is 0 Å². The van der Waals surface area contributed by atoms with E-state index in [9.17, 15) is 5.11 Å². The molecule has 4 rings (SSSR count). The molecule has 0 amide bonds. The summed E-state index contributed by atoms with van der Waals surface area (Å²) >= 11 is 0. The van der Waals surface area contributed by atoms with Gasteiger partial charge in [-0.15, -0.1) is 0 Å². The Bertz CT molecular complexity index is 729. The third-order valence-electron chi connectivity index (χ3n) is 9.16. The van der Waals surface area contributed by atoms with Crippen molar-refractivity contribution in [3.05, 3.63) is 11.6 Å². The maximum absolute atomic E-state index is 11.7. The Hall–Kier alpha value is -1.36. The van der Waals surface area contributed by atoms with Gasteiger partial charge < -0.3 is 14.8 Å². The van der Waals surface area contributed by atoms with Gasteiger partial charge in [0, 0.05) is 5.41 Å². The van der Waals surface area contributed by atoms with Crippen LogP contribution < -0.4 is 0 Å². The van der Waals surface area contributed by atoms with Gasteiger partial charge in [-0.3, -0.25) is 0 Å². The van der Waals surface area contributed by atoms with E-state index in [4.69, 9.17) is 9.68 Å². The standard InChI is InChI=1S/C23H36N2O3/c1-15(24-27-4)23(26)13-10-20-18-7-6-16-14-17(25-28-5)8-11-21(16,2)19(18)9-12-22(20,23)3/h14,18-20,26H,6-13H2,1-5H3. The molecule has 156 valence electrons. The summed E-state index contributed by atoms with van der Waals surface area (Å²) in [5, 5.41) is 20.0. The van der Waals surface area contributed by atoms with Crippen LogP contribution in [0.25, 0.3) is 0 Å². The average Bonchev–Trinajstić information content (AvgIpc) is 2.95. The molecule has 0 aromatic rings. The number of nitrogens with zero attached hydrogens (tertiary/aromatic N) is 2. The number of oxime groups is 2. The third-order valence-corrected chi connectivity index (χ3v) is 9.16. The van der Waals surface area contributed by atoms with Crippen LogP contribution in [0.15, 0.2) is 22.0 Å². The van der Waals surface area contributed by atoms with E-state index in [1.165, 1.54) is 19.3 Å². The summed E-state index contributed by atoms with van der Waals surface area (Å²) in [5.41, 5.74) is 2.75. The van der Waals surface area contributed by atoms with E-state index in [0.717, 1.165) is 43.5 Å². The number of rotatable bonds is 3. The molecule has 0 spiro atoms. The van der Waals surface area contributed by atoms with Crippen molar-refractivity contribution in [1.82, 2.24) is 0 Å². The van der Waals surface area contributed by atoms with Crippen molar-refractivity contribution in [3.63, 3.8) is 0 Å². The number of aliphatic hydroxyl groups is 1. The Morgan fingerprint density at radius 1 is 1.04 bits per heavy atom. The van der Waals surface area contributed by atoms with Crippen LogP contribution >= 0.6 is 0 Å². The summed E-state index contributed by atoms with van der Waals surface area (Å²) in [7, 11) is 3.20. The van der Waals surface area contributed by atoms with Crippen LogP contribution in [-0.2, 0) is 9.68 Å². The van der Waals surface area contributed by atoms with Crippen LogP contribution in [0, 0.1) is 28.6 Å². The molecule has 28 heavy (non-hydrogen) atoms. The van der Waals surface area contributed by atoms with Crippen molar-refractivity contribution in [2.24, 2.45) is 38.9 Å². The predicted octanol–water partition coefficient (Wildman–Crippen LogP) is 4.71. The zero-order valence-electron chi connectivity index (χ0n) is 18.1. The second kappa shape index (κ2) is 6.86. The van der Waals surface area contributed by atoms with Crippen molar-refractivity contribution in [2.45, 2.75) is 77.7 Å². The molecule has 6 atom stereocenters. The number of hydrogen-bond acceptors (Lipinski definition) is 5. The fraction of sp³-hybridized carbons (Fsp3) is 0.826. The molecular formula is C23H36N2O3. The highest BCUT2D eigenvalue weighted by Crippen LogP contribution is 2.67. The summed E-state index contributed by atoms with van der Waals surface area (Å²) in [6.45, 7) is 6.73. The molecule has 0 radical (unpaired) electrons. The minimum atomic E-state index is -0.833. The maximum atomic E-state index is 11.7. The van der Waals surface area contributed by atoms with Gasteiger partial charge in [-0.1, -0.05) is 29.7 Å². The third kappa shape index (κ3) is 2.61. The molecule has 3 saturated carbocycles. The normalized spacial score (nSPS) is 47.1. The summed E-state index contributed by atoms with van der Waals surface area (Å²) in [4.78, 5) is 10.1. The molecule has 0 heterocycles. The summed E-state index contributed by atoms with van der Waals surface area (Å²) in [6.07, 6.45) is 11.0. The minimum absolute atomic E-state index is 0.102. The number of hydrogen-bond donors (Lipinski definition) is 1. The Morgan fingerprint density at radius 3 is 2.50 bits per heavy atom. The lowest BCUT2D eigenvalue weighted by Crippen LogP contribution is -2.57. The zero-order valence-corrected chi connectivity index (χ0v) is 18.1. The highest BCUT2D eigenvalue weighted by Gasteiger charge is 2.64. The first-order valence-corrected chi connectivity index (χ1v) is 10.9. The summed E-state index contributed by atoms with van der Waals surface area (Å²) in [6, 6.07) is 0. The van der Waals surface area contributed by atoms with Crippen LogP contribution in [-0.4, -0.2) is 36.4 Å². The molecule has 6 unspecified atom stereocenters. The van der Waals surface area contributed by atoms with E-state index in [-0.39, 0.29) is 10.8 Å². The Morgan fingerprint density at radius 2 is 1.79 bits per heavy atom. The molecule has 5 heteroatoms. The van der Waals surface area contributed by atoms with Crippen LogP contribution in [0.4, 0.5) is 0 Å². The fourth-order valence-electron chi connectivity index (χ4n) is 7.58. The molecule has 4 aliphatic rings. The molecule has 1 N–H and O–H groups in total. The molecule has 0 saturated heterocycles. The van der Waals surface area contributed by atoms with E-state index in [1.807, 2.05) is 6.92 Å². The quantitative estimate of drug-likeness (QED) is 0.563. The molecule has 4 aliphatic carbocycles. The molecule has 0 bridgehead atoms. The maximum Gasteiger partial charge on any atom is 0.111 e. The predicted molar refractivity (Wildman–Crippen MR) is 111 cm³/mol. The van der Waals surface area contributed by atoms with Gasteiger partial charge in [0.15, 0.2) is 0 Å². The van der Waals surface area contributed by atoms with Gasteiger partial charge in [-0.05, 0) is 87.5 Å². The lowest BCUT2D eigenvalue weighted by Gasteiger charge is -2.59. The lowest BCUT2D eigenvalue weighted by molar-refractivity contribution is -0.0954. The monoisotopic (exact) mass is 388 g/mol. The zero-order chi connectivity index (χ0) is 20.2. The van der Waals surface area contributed by atoms with Crippen LogP contribution in [0.1, 0.15) is 72.1 Å². The summed E-state index contributed by atoms with van der Waals surface area (Å²) in [5.74, 6) is 1.95. The number of fused-ring (bicyclic) bond motifs is 5. The topological polar surface area (TPSA) is 63.4 Å². The van der Waals surface area contributed by atoms with Crippen molar-refractivity contribution in [3.8, 4) is 0 Å². The Balaban J connectivity index is 1.65. The van der Waals surface area contributed by atoms with Gasteiger partial charge in [0.2, 0.25) is 0 Å². The van der Waals surface area contributed by atoms with E-state index in [2.05, 4.69) is 30.2 Å². The largest absolute Gasteiger partial charge is 0.399 e. The van der Waals surface area contributed by atoms with E-state index in [1.54, 1.807) is 19.8 Å².